The molecule has 9 heteroatoms. The van der Waals surface area contributed by atoms with Crippen molar-refractivity contribution in [2.75, 3.05) is 6.61 Å². The largest absolute Gasteiger partial charge is 0.459 e. The first kappa shape index (κ1) is 20.8. The van der Waals surface area contributed by atoms with Crippen LogP contribution in [0.1, 0.15) is 30.0 Å². The van der Waals surface area contributed by atoms with Gasteiger partial charge in [-0.05, 0) is 38.1 Å². The van der Waals surface area contributed by atoms with Crippen molar-refractivity contribution in [1.82, 2.24) is 10.1 Å². The lowest BCUT2D eigenvalue weighted by atomic mass is 9.91. The number of ether oxygens (including phenoxy) is 4. The number of esters is 1. The van der Waals surface area contributed by atoms with Crippen molar-refractivity contribution in [3.05, 3.63) is 72.1 Å². The number of rotatable bonds is 5. The molecule has 2 aliphatic rings. The summed E-state index contributed by atoms with van der Waals surface area (Å²) < 4.78 is 28.4. The topological polar surface area (TPSA) is 113 Å². The molecule has 0 amide bonds. The van der Waals surface area contributed by atoms with Crippen LogP contribution in [0.4, 0.5) is 0 Å². The maximum atomic E-state index is 12.4. The zero-order chi connectivity index (χ0) is 22.3. The summed E-state index contributed by atoms with van der Waals surface area (Å²) in [6.07, 6.45) is -2.88. The zero-order valence-electron chi connectivity index (χ0n) is 17.5. The van der Waals surface area contributed by atoms with E-state index in [1.54, 1.807) is 44.2 Å². The molecule has 9 nitrogen and oxygen atoms in total. The predicted molar refractivity (Wildman–Crippen MR) is 109 cm³/mol. The Morgan fingerprint density at radius 3 is 2.47 bits per heavy atom. The Morgan fingerprint density at radius 1 is 1.06 bits per heavy atom. The second-order valence-corrected chi connectivity index (χ2v) is 8.13. The van der Waals surface area contributed by atoms with Gasteiger partial charge in [0.25, 0.3) is 5.89 Å². The minimum atomic E-state index is -1.87. The average Bonchev–Trinajstić information content (AvgIpc) is 3.47. The van der Waals surface area contributed by atoms with Gasteiger partial charge in [0, 0.05) is 5.56 Å². The molecule has 0 bridgehead atoms. The molecule has 1 aromatic heterocycles. The van der Waals surface area contributed by atoms with Crippen molar-refractivity contribution in [1.29, 1.82) is 0 Å². The van der Waals surface area contributed by atoms with Crippen LogP contribution in [0, 0.1) is 0 Å². The lowest BCUT2D eigenvalue weighted by molar-refractivity contribution is -0.237. The predicted octanol–water partition coefficient (Wildman–Crippen LogP) is 2.66. The van der Waals surface area contributed by atoms with Crippen LogP contribution in [-0.4, -0.2) is 52.1 Å². The Kier molecular flexibility index (Phi) is 5.06. The number of hydrogen-bond acceptors (Lipinski definition) is 9. The van der Waals surface area contributed by atoms with E-state index < -0.39 is 35.9 Å². The summed E-state index contributed by atoms with van der Waals surface area (Å²) in [7, 11) is 0. The summed E-state index contributed by atoms with van der Waals surface area (Å²) in [6, 6.07) is 17.7. The molecular weight excluding hydrogens is 416 g/mol. The third kappa shape index (κ3) is 3.59. The minimum absolute atomic E-state index is 0.0362. The molecule has 2 saturated heterocycles. The molecule has 5 rings (SSSR count). The van der Waals surface area contributed by atoms with Crippen molar-refractivity contribution in [3.8, 4) is 11.5 Å². The molecule has 2 aromatic carbocycles. The summed E-state index contributed by atoms with van der Waals surface area (Å²) in [5, 5.41) is 15.8. The highest BCUT2D eigenvalue weighted by atomic mass is 16.8. The van der Waals surface area contributed by atoms with E-state index in [-0.39, 0.29) is 18.3 Å². The molecule has 3 heterocycles. The molecule has 0 radical (unpaired) electrons. The summed E-state index contributed by atoms with van der Waals surface area (Å²) >= 11 is 0. The molecule has 3 aromatic rings. The molecule has 0 unspecified atom stereocenters. The molecule has 166 valence electrons. The van der Waals surface area contributed by atoms with Crippen LogP contribution in [0.3, 0.4) is 0 Å². The summed E-state index contributed by atoms with van der Waals surface area (Å²) in [5.74, 6) is -1.34. The van der Waals surface area contributed by atoms with Crippen LogP contribution < -0.4 is 0 Å². The molecular formula is C23H22N2O7. The second kappa shape index (κ2) is 7.79. The number of nitrogens with zero attached hydrogens (tertiary/aromatic N) is 2. The molecule has 0 spiro atoms. The van der Waals surface area contributed by atoms with Crippen LogP contribution in [-0.2, 0) is 24.5 Å². The van der Waals surface area contributed by atoms with Crippen molar-refractivity contribution in [3.63, 3.8) is 0 Å². The Balaban J connectivity index is 1.43. The zero-order valence-corrected chi connectivity index (χ0v) is 17.5. The molecule has 2 aliphatic heterocycles. The van der Waals surface area contributed by atoms with Gasteiger partial charge in [-0.25, -0.2) is 4.79 Å². The van der Waals surface area contributed by atoms with Crippen molar-refractivity contribution in [2.45, 2.75) is 43.7 Å². The lowest BCUT2D eigenvalue weighted by Crippen LogP contribution is -2.49. The van der Waals surface area contributed by atoms with E-state index in [2.05, 4.69) is 10.1 Å². The van der Waals surface area contributed by atoms with Crippen LogP contribution in [0.25, 0.3) is 11.5 Å². The number of aromatic nitrogens is 2. The van der Waals surface area contributed by atoms with Gasteiger partial charge in [-0.1, -0.05) is 41.6 Å². The van der Waals surface area contributed by atoms with Crippen LogP contribution in [0.15, 0.2) is 65.2 Å². The van der Waals surface area contributed by atoms with Crippen molar-refractivity contribution < 1.29 is 33.4 Å². The number of carbonyl (C=O) groups is 1. The number of aliphatic hydroxyl groups is 1. The SMILES string of the molecule is CC1(C)O[C@H]2O[C@H](COC(=O)c3ccccc3)[C@@](O)(c3noc(-c4ccccc4)n3)[C@H]2O1. The third-order valence-electron chi connectivity index (χ3n) is 5.46. The quantitative estimate of drug-likeness (QED) is 0.601. The fourth-order valence-corrected chi connectivity index (χ4v) is 3.91. The van der Waals surface area contributed by atoms with Gasteiger partial charge in [0.15, 0.2) is 23.8 Å². The van der Waals surface area contributed by atoms with Crippen LogP contribution >= 0.6 is 0 Å². The highest BCUT2D eigenvalue weighted by molar-refractivity contribution is 5.89. The van der Waals surface area contributed by atoms with E-state index in [4.69, 9.17) is 23.5 Å². The normalized spacial score (nSPS) is 28.4. The molecule has 32 heavy (non-hydrogen) atoms. The first-order valence-electron chi connectivity index (χ1n) is 10.2. The Labute approximate surface area is 183 Å². The van der Waals surface area contributed by atoms with E-state index in [0.717, 1.165) is 0 Å². The van der Waals surface area contributed by atoms with Gasteiger partial charge < -0.3 is 28.6 Å². The van der Waals surface area contributed by atoms with Gasteiger partial charge in [0.2, 0.25) is 5.82 Å². The number of benzene rings is 2. The highest BCUT2D eigenvalue weighted by Gasteiger charge is 2.66. The number of fused-ring (bicyclic) bond motifs is 1. The smallest absolute Gasteiger partial charge is 0.338 e. The average molecular weight is 438 g/mol. The summed E-state index contributed by atoms with van der Waals surface area (Å²) in [4.78, 5) is 16.8. The third-order valence-corrected chi connectivity index (χ3v) is 5.46. The van der Waals surface area contributed by atoms with Crippen LogP contribution in [0.5, 0.6) is 0 Å². The van der Waals surface area contributed by atoms with Crippen LogP contribution in [0.2, 0.25) is 0 Å². The number of hydrogen-bond donors (Lipinski definition) is 1. The van der Waals surface area contributed by atoms with Crippen molar-refractivity contribution in [2.24, 2.45) is 0 Å². The lowest BCUT2D eigenvalue weighted by Gasteiger charge is -2.30. The highest BCUT2D eigenvalue weighted by Crippen LogP contribution is 2.47. The maximum Gasteiger partial charge on any atom is 0.338 e. The fourth-order valence-electron chi connectivity index (χ4n) is 3.91. The Hall–Kier alpha value is -3.11. The van der Waals surface area contributed by atoms with E-state index in [0.29, 0.717) is 11.1 Å². The van der Waals surface area contributed by atoms with Gasteiger partial charge >= 0.3 is 5.97 Å². The molecule has 0 aliphatic carbocycles. The van der Waals surface area contributed by atoms with Crippen molar-refractivity contribution >= 4 is 5.97 Å². The minimum Gasteiger partial charge on any atom is -0.459 e. The van der Waals surface area contributed by atoms with Gasteiger partial charge in [-0.15, -0.1) is 0 Å². The first-order chi connectivity index (χ1) is 15.4. The van der Waals surface area contributed by atoms with Gasteiger partial charge in [0.1, 0.15) is 12.7 Å². The Bertz CT molecular complexity index is 1100. The monoisotopic (exact) mass is 438 g/mol. The summed E-state index contributed by atoms with van der Waals surface area (Å²) in [6.45, 7) is 3.16. The molecule has 4 atom stereocenters. The Morgan fingerprint density at radius 2 is 1.75 bits per heavy atom. The summed E-state index contributed by atoms with van der Waals surface area (Å²) in [5.41, 5.74) is -0.790. The molecule has 1 N–H and O–H groups in total. The van der Waals surface area contributed by atoms with Gasteiger partial charge in [0.05, 0.1) is 5.56 Å². The molecule has 0 saturated carbocycles. The number of carbonyl (C=O) groups excluding carboxylic acids is 1. The van der Waals surface area contributed by atoms with E-state index in [9.17, 15) is 9.90 Å². The van der Waals surface area contributed by atoms with Gasteiger partial charge in [-0.2, -0.15) is 4.98 Å². The molecule has 2 fully saturated rings. The fraction of sp³-hybridized carbons (Fsp3) is 0.348. The second-order valence-electron chi connectivity index (χ2n) is 8.13. The van der Waals surface area contributed by atoms with E-state index in [1.807, 2.05) is 30.3 Å². The van der Waals surface area contributed by atoms with E-state index >= 15 is 0 Å². The van der Waals surface area contributed by atoms with Gasteiger partial charge in [-0.3, -0.25) is 0 Å². The van der Waals surface area contributed by atoms with E-state index in [1.165, 1.54) is 0 Å². The first-order valence-corrected chi connectivity index (χ1v) is 10.2. The maximum absolute atomic E-state index is 12.4. The standard InChI is InChI=1S/C23H22N2O7/c1-22(2)30-17-20(31-22)29-16(13-28-19(26)15-11-7-4-8-12-15)23(17,27)21-24-18(32-25-21)14-9-5-3-6-10-14/h3-12,16-17,20,27H,13H2,1-2H3/t16-,17+,20-,23+/m1/s1.